The van der Waals surface area contributed by atoms with Gasteiger partial charge < -0.3 is 5.32 Å². The molecule has 1 aliphatic rings. The van der Waals surface area contributed by atoms with Crippen LogP contribution in [0.25, 0.3) is 0 Å². The normalized spacial score (nSPS) is 15.4. The van der Waals surface area contributed by atoms with Crippen molar-refractivity contribution in [3.05, 3.63) is 51.2 Å². The van der Waals surface area contributed by atoms with Crippen molar-refractivity contribution in [2.45, 2.75) is 19.5 Å². The number of rotatable bonds is 2. The SMILES string of the molecule is Cc1cc(C(F)c2cccc3c2NCC3)cs1. The Labute approximate surface area is 104 Å². The van der Waals surface area contributed by atoms with E-state index >= 15 is 0 Å². The first-order valence-electron chi connectivity index (χ1n) is 5.80. The summed E-state index contributed by atoms with van der Waals surface area (Å²) in [6, 6.07) is 7.84. The zero-order chi connectivity index (χ0) is 11.8. The summed E-state index contributed by atoms with van der Waals surface area (Å²) in [4.78, 5) is 1.16. The third kappa shape index (κ3) is 1.84. The van der Waals surface area contributed by atoms with Gasteiger partial charge in [0.05, 0.1) is 0 Å². The zero-order valence-corrected chi connectivity index (χ0v) is 10.5. The molecule has 3 heteroatoms. The Morgan fingerprint density at radius 3 is 3.06 bits per heavy atom. The number of para-hydroxylation sites is 1. The van der Waals surface area contributed by atoms with Gasteiger partial charge >= 0.3 is 0 Å². The summed E-state index contributed by atoms with van der Waals surface area (Å²) in [6.07, 6.45) is -0.0149. The van der Waals surface area contributed by atoms with Crippen molar-refractivity contribution in [1.29, 1.82) is 0 Å². The fourth-order valence-electron chi connectivity index (χ4n) is 2.35. The molecule has 0 bridgehead atoms. The second-order valence-electron chi connectivity index (χ2n) is 4.41. The summed E-state index contributed by atoms with van der Waals surface area (Å²) in [5.41, 5.74) is 3.79. The van der Waals surface area contributed by atoms with E-state index in [0.717, 1.165) is 34.7 Å². The fourth-order valence-corrected chi connectivity index (χ4v) is 3.07. The van der Waals surface area contributed by atoms with Crippen molar-refractivity contribution in [3.8, 4) is 0 Å². The number of hydrogen-bond donors (Lipinski definition) is 1. The monoisotopic (exact) mass is 247 g/mol. The molecule has 0 amide bonds. The number of aryl methyl sites for hydroxylation is 1. The molecule has 3 rings (SSSR count). The standard InChI is InChI=1S/C14H14FNS/c1-9-7-11(8-17-9)13(15)12-4-2-3-10-5-6-16-14(10)12/h2-4,7-8,13,16H,5-6H2,1H3. The number of hydrogen-bond acceptors (Lipinski definition) is 2. The molecule has 0 saturated heterocycles. The lowest BCUT2D eigenvalue weighted by Gasteiger charge is -2.12. The van der Waals surface area contributed by atoms with Gasteiger partial charge in [-0.2, -0.15) is 0 Å². The lowest BCUT2D eigenvalue weighted by Crippen LogP contribution is -1.99. The number of alkyl halides is 1. The van der Waals surface area contributed by atoms with E-state index < -0.39 is 6.17 Å². The molecule has 17 heavy (non-hydrogen) atoms. The molecule has 0 aliphatic carbocycles. The van der Waals surface area contributed by atoms with Gasteiger partial charge in [-0.25, -0.2) is 4.39 Å². The Kier molecular flexibility index (Phi) is 2.63. The van der Waals surface area contributed by atoms with Gasteiger partial charge in [0.15, 0.2) is 6.17 Å². The van der Waals surface area contributed by atoms with Gasteiger partial charge in [-0.15, -0.1) is 11.3 Å². The van der Waals surface area contributed by atoms with E-state index in [0.29, 0.717) is 0 Å². The molecule has 2 heterocycles. The predicted molar refractivity (Wildman–Crippen MR) is 70.6 cm³/mol. The predicted octanol–water partition coefficient (Wildman–Crippen LogP) is 4.08. The van der Waals surface area contributed by atoms with Crippen molar-refractivity contribution in [1.82, 2.24) is 0 Å². The van der Waals surface area contributed by atoms with Crippen LogP contribution >= 0.6 is 11.3 Å². The number of benzene rings is 1. The van der Waals surface area contributed by atoms with Crippen LogP contribution in [-0.2, 0) is 6.42 Å². The Morgan fingerprint density at radius 1 is 1.41 bits per heavy atom. The van der Waals surface area contributed by atoms with Gasteiger partial charge in [0.2, 0.25) is 0 Å². The third-order valence-corrected chi connectivity index (χ3v) is 4.08. The van der Waals surface area contributed by atoms with Crippen LogP contribution in [0.15, 0.2) is 29.6 Å². The van der Waals surface area contributed by atoms with E-state index in [1.54, 1.807) is 11.3 Å². The van der Waals surface area contributed by atoms with Crippen LogP contribution in [0, 0.1) is 6.92 Å². The van der Waals surface area contributed by atoms with Crippen LogP contribution in [0.3, 0.4) is 0 Å². The molecule has 1 N–H and O–H groups in total. The molecule has 1 nitrogen and oxygen atoms in total. The van der Waals surface area contributed by atoms with E-state index in [4.69, 9.17) is 0 Å². The first-order chi connectivity index (χ1) is 8.25. The van der Waals surface area contributed by atoms with Crippen LogP contribution in [0.4, 0.5) is 10.1 Å². The first kappa shape index (κ1) is 10.8. The highest BCUT2D eigenvalue weighted by Crippen LogP contribution is 2.37. The Balaban J connectivity index is 2.02. The second-order valence-corrected chi connectivity index (χ2v) is 5.53. The molecule has 0 fully saturated rings. The molecule has 88 valence electrons. The number of fused-ring (bicyclic) bond motifs is 1. The summed E-state index contributed by atoms with van der Waals surface area (Å²) in [5.74, 6) is 0. The molecule has 1 aromatic carbocycles. The lowest BCUT2D eigenvalue weighted by atomic mass is 10.0. The maximum Gasteiger partial charge on any atom is 0.153 e. The van der Waals surface area contributed by atoms with Gasteiger partial charge in [0.25, 0.3) is 0 Å². The average Bonchev–Trinajstić information content (AvgIpc) is 2.95. The summed E-state index contributed by atoms with van der Waals surface area (Å²) in [6.45, 7) is 2.93. The smallest absolute Gasteiger partial charge is 0.153 e. The van der Waals surface area contributed by atoms with Crippen molar-refractivity contribution >= 4 is 17.0 Å². The van der Waals surface area contributed by atoms with Crippen LogP contribution in [0.1, 0.15) is 27.7 Å². The van der Waals surface area contributed by atoms with Gasteiger partial charge in [-0.3, -0.25) is 0 Å². The van der Waals surface area contributed by atoms with E-state index in [-0.39, 0.29) is 0 Å². The molecular weight excluding hydrogens is 233 g/mol. The van der Waals surface area contributed by atoms with Gasteiger partial charge in [-0.05, 0) is 30.4 Å². The Hall–Kier alpha value is -1.35. The summed E-state index contributed by atoms with van der Waals surface area (Å²) in [7, 11) is 0. The molecule has 1 aromatic heterocycles. The summed E-state index contributed by atoms with van der Waals surface area (Å²) >= 11 is 1.60. The van der Waals surface area contributed by atoms with Gasteiger partial charge in [0, 0.05) is 28.2 Å². The largest absolute Gasteiger partial charge is 0.384 e. The first-order valence-corrected chi connectivity index (χ1v) is 6.68. The molecule has 0 spiro atoms. The topological polar surface area (TPSA) is 12.0 Å². The lowest BCUT2D eigenvalue weighted by molar-refractivity contribution is 0.404. The summed E-state index contributed by atoms with van der Waals surface area (Å²) in [5, 5.41) is 5.20. The van der Waals surface area contributed by atoms with Crippen molar-refractivity contribution in [2.75, 3.05) is 11.9 Å². The number of anilines is 1. The van der Waals surface area contributed by atoms with Crippen molar-refractivity contribution < 1.29 is 4.39 Å². The average molecular weight is 247 g/mol. The van der Waals surface area contributed by atoms with Crippen LogP contribution < -0.4 is 5.32 Å². The molecule has 1 unspecified atom stereocenters. The quantitative estimate of drug-likeness (QED) is 0.843. The highest BCUT2D eigenvalue weighted by molar-refractivity contribution is 7.10. The molecule has 1 atom stereocenters. The summed E-state index contributed by atoms with van der Waals surface area (Å²) < 4.78 is 14.5. The minimum absolute atomic E-state index is 0.773. The Bertz CT molecular complexity index is 547. The molecule has 0 saturated carbocycles. The maximum absolute atomic E-state index is 14.5. The highest BCUT2D eigenvalue weighted by atomic mass is 32.1. The number of halogens is 1. The van der Waals surface area contributed by atoms with Crippen molar-refractivity contribution in [2.24, 2.45) is 0 Å². The molecule has 2 aromatic rings. The zero-order valence-electron chi connectivity index (χ0n) is 9.66. The maximum atomic E-state index is 14.5. The van der Waals surface area contributed by atoms with E-state index in [9.17, 15) is 4.39 Å². The number of thiophene rings is 1. The van der Waals surface area contributed by atoms with E-state index in [2.05, 4.69) is 11.4 Å². The Morgan fingerprint density at radius 2 is 2.29 bits per heavy atom. The van der Waals surface area contributed by atoms with Crippen molar-refractivity contribution in [3.63, 3.8) is 0 Å². The van der Waals surface area contributed by atoms with E-state index in [1.165, 1.54) is 5.56 Å². The molecule has 0 radical (unpaired) electrons. The highest BCUT2D eigenvalue weighted by Gasteiger charge is 2.21. The number of nitrogens with one attached hydrogen (secondary N) is 1. The van der Waals surface area contributed by atoms with Crippen LogP contribution in [0.5, 0.6) is 0 Å². The van der Waals surface area contributed by atoms with E-state index in [1.807, 2.05) is 30.5 Å². The minimum Gasteiger partial charge on any atom is -0.384 e. The molecule has 1 aliphatic heterocycles. The van der Waals surface area contributed by atoms with Crippen LogP contribution in [0.2, 0.25) is 0 Å². The molecular formula is C14H14FNS. The third-order valence-electron chi connectivity index (χ3n) is 3.20. The second kappa shape index (κ2) is 4.15. The van der Waals surface area contributed by atoms with Gasteiger partial charge in [0.1, 0.15) is 0 Å². The van der Waals surface area contributed by atoms with Crippen LogP contribution in [-0.4, -0.2) is 6.54 Å². The fraction of sp³-hybridized carbons (Fsp3) is 0.286. The van der Waals surface area contributed by atoms with Gasteiger partial charge in [-0.1, -0.05) is 18.2 Å². The minimum atomic E-state index is -1.01.